The molecule has 3 heterocycles. The van der Waals surface area contributed by atoms with Crippen LogP contribution in [0.4, 0.5) is 5.69 Å². The van der Waals surface area contributed by atoms with Crippen LogP contribution in [0.5, 0.6) is 0 Å². The van der Waals surface area contributed by atoms with Crippen LogP contribution in [0.3, 0.4) is 0 Å². The van der Waals surface area contributed by atoms with Crippen molar-refractivity contribution in [3.63, 3.8) is 0 Å². The molecule has 3 saturated heterocycles. The fourth-order valence-corrected chi connectivity index (χ4v) is 6.55. The minimum atomic E-state index is -0.528. The van der Waals surface area contributed by atoms with E-state index in [1.165, 1.54) is 12.8 Å². The fraction of sp³-hybridized carbons (Fsp3) is 0.517. The maximum absolute atomic E-state index is 13.9. The molecule has 188 valence electrons. The zero-order valence-electron chi connectivity index (χ0n) is 20.5. The number of hydrogen-bond acceptors (Lipinski definition) is 3. The molecule has 6 rings (SSSR count). The van der Waals surface area contributed by atoms with E-state index in [2.05, 4.69) is 17.4 Å². The Bertz CT molecular complexity index is 982. The fourth-order valence-electron chi connectivity index (χ4n) is 6.55. The molecule has 3 aliphatic heterocycles. The average Bonchev–Trinajstić information content (AvgIpc) is 3.13. The van der Waals surface area contributed by atoms with Gasteiger partial charge in [-0.05, 0) is 30.5 Å². The highest BCUT2D eigenvalue weighted by atomic mass is 79.9. The molecule has 2 aromatic carbocycles. The summed E-state index contributed by atoms with van der Waals surface area (Å²) in [5, 5.41) is 3.05. The molecule has 1 N–H and O–H groups in total. The van der Waals surface area contributed by atoms with Crippen LogP contribution in [0.2, 0.25) is 0 Å². The van der Waals surface area contributed by atoms with E-state index in [0.717, 1.165) is 73.9 Å². The van der Waals surface area contributed by atoms with Crippen molar-refractivity contribution < 1.29 is 35.8 Å². The third-order valence-electron chi connectivity index (χ3n) is 8.51. The zero-order valence-corrected chi connectivity index (χ0v) is 22.0. The number of benzene rings is 2. The summed E-state index contributed by atoms with van der Waals surface area (Å²) >= 11 is 0. The summed E-state index contributed by atoms with van der Waals surface area (Å²) in [5.74, 6) is 0.423. The van der Waals surface area contributed by atoms with Gasteiger partial charge in [-0.25, -0.2) is 0 Å². The van der Waals surface area contributed by atoms with Crippen LogP contribution in [0.25, 0.3) is 0 Å². The molecule has 35 heavy (non-hydrogen) atoms. The molecule has 2 bridgehead atoms. The first-order valence-corrected chi connectivity index (χ1v) is 13.1. The molecule has 4 aliphatic rings. The number of fused-ring (bicyclic) bond motifs is 3. The molecule has 1 amide bonds. The van der Waals surface area contributed by atoms with E-state index in [-0.39, 0.29) is 35.0 Å². The highest BCUT2D eigenvalue weighted by Gasteiger charge is 2.51. The molecule has 2 aromatic rings. The van der Waals surface area contributed by atoms with Crippen LogP contribution < -0.4 is 22.3 Å². The van der Waals surface area contributed by atoms with Gasteiger partial charge in [0.1, 0.15) is 6.54 Å². The minimum absolute atomic E-state index is 0. The van der Waals surface area contributed by atoms with E-state index in [1.54, 1.807) is 0 Å². The normalized spacial score (nSPS) is 27.2. The van der Waals surface area contributed by atoms with Crippen molar-refractivity contribution in [3.05, 3.63) is 66.2 Å². The van der Waals surface area contributed by atoms with Gasteiger partial charge in [-0.15, -0.1) is 0 Å². The van der Waals surface area contributed by atoms with E-state index < -0.39 is 5.41 Å². The second-order valence-electron chi connectivity index (χ2n) is 10.7. The van der Waals surface area contributed by atoms with Crippen LogP contribution in [0.1, 0.15) is 56.9 Å². The summed E-state index contributed by atoms with van der Waals surface area (Å²) in [6.45, 7) is 3.18. The standard InChI is InChI=1S/C29H36N2O3.BrH/c32-27(30-25-13-7-4-8-14-25)22-31-19-15-23(16-20-31)26(21-31)34-28(33)29(17-9-1-2-10-18-29)24-11-5-3-6-12-24;/h3-8,11-14,23,26H,1-2,9-10,15-22H2;1H/t23?,26-,31?;/m0./s1. The minimum Gasteiger partial charge on any atom is -1.00 e. The van der Waals surface area contributed by atoms with Gasteiger partial charge >= 0.3 is 5.97 Å². The van der Waals surface area contributed by atoms with Crippen molar-refractivity contribution in [2.24, 2.45) is 5.92 Å². The monoisotopic (exact) mass is 540 g/mol. The van der Waals surface area contributed by atoms with Gasteiger partial charge in [0.15, 0.2) is 12.6 Å². The Balaban J connectivity index is 0.00000289. The van der Waals surface area contributed by atoms with E-state index in [4.69, 9.17) is 4.74 Å². The molecule has 0 unspecified atom stereocenters. The number of halogens is 1. The number of carbonyl (C=O) groups is 2. The van der Waals surface area contributed by atoms with Gasteiger partial charge in [0.25, 0.3) is 5.91 Å². The van der Waals surface area contributed by atoms with Gasteiger partial charge in [0.2, 0.25) is 0 Å². The van der Waals surface area contributed by atoms with Gasteiger partial charge < -0.3 is 31.5 Å². The Kier molecular flexibility index (Phi) is 8.33. The molecule has 5 nitrogen and oxygen atoms in total. The molecule has 0 aromatic heterocycles. The van der Waals surface area contributed by atoms with Crippen LogP contribution in [-0.2, 0) is 19.7 Å². The van der Waals surface area contributed by atoms with Crippen molar-refractivity contribution in [3.8, 4) is 0 Å². The number of nitrogens with zero attached hydrogens (tertiary/aromatic N) is 1. The van der Waals surface area contributed by atoms with E-state index in [0.29, 0.717) is 12.5 Å². The molecule has 1 aliphatic carbocycles. The van der Waals surface area contributed by atoms with Crippen molar-refractivity contribution in [1.29, 1.82) is 0 Å². The summed E-state index contributed by atoms with van der Waals surface area (Å²) in [5.41, 5.74) is 1.41. The average molecular weight is 542 g/mol. The van der Waals surface area contributed by atoms with E-state index >= 15 is 0 Å². The maximum Gasteiger partial charge on any atom is 0.317 e. The maximum atomic E-state index is 13.9. The molecule has 1 atom stereocenters. The third kappa shape index (κ3) is 5.64. The van der Waals surface area contributed by atoms with Gasteiger partial charge in [-0.2, -0.15) is 0 Å². The molecule has 0 spiro atoms. The van der Waals surface area contributed by atoms with E-state index in [9.17, 15) is 9.59 Å². The number of para-hydroxylation sites is 1. The molecular formula is C29H37BrN2O3. The molecular weight excluding hydrogens is 504 g/mol. The Morgan fingerprint density at radius 2 is 1.49 bits per heavy atom. The predicted octanol–water partition coefficient (Wildman–Crippen LogP) is 2.07. The summed E-state index contributed by atoms with van der Waals surface area (Å²) in [6, 6.07) is 19.9. The van der Waals surface area contributed by atoms with Gasteiger partial charge in [-0.3, -0.25) is 9.59 Å². The van der Waals surface area contributed by atoms with Crippen LogP contribution >= 0.6 is 0 Å². The molecule has 6 heteroatoms. The zero-order chi connectivity index (χ0) is 23.4. The lowest BCUT2D eigenvalue weighted by atomic mass is 9.74. The van der Waals surface area contributed by atoms with Crippen LogP contribution in [0.15, 0.2) is 60.7 Å². The lowest BCUT2D eigenvalue weighted by Crippen LogP contribution is -3.00. The van der Waals surface area contributed by atoms with Gasteiger partial charge in [0.05, 0.1) is 18.5 Å². The summed E-state index contributed by atoms with van der Waals surface area (Å²) < 4.78 is 7.14. The number of quaternary nitrogens is 1. The number of anilines is 1. The van der Waals surface area contributed by atoms with Crippen LogP contribution in [-0.4, -0.2) is 48.6 Å². The lowest BCUT2D eigenvalue weighted by Gasteiger charge is -2.52. The summed E-state index contributed by atoms with van der Waals surface area (Å²) in [7, 11) is 0. The first-order chi connectivity index (χ1) is 16.6. The van der Waals surface area contributed by atoms with Crippen molar-refractivity contribution in [2.75, 3.05) is 31.5 Å². The number of hydrogen-bond donors (Lipinski definition) is 1. The third-order valence-corrected chi connectivity index (χ3v) is 8.51. The summed E-state index contributed by atoms with van der Waals surface area (Å²) in [6.07, 6.45) is 8.19. The number of amides is 1. The number of esters is 1. The summed E-state index contributed by atoms with van der Waals surface area (Å²) in [4.78, 5) is 26.8. The van der Waals surface area contributed by atoms with Crippen molar-refractivity contribution >= 4 is 17.6 Å². The largest absolute Gasteiger partial charge is 1.00 e. The lowest BCUT2D eigenvalue weighted by molar-refractivity contribution is -0.939. The van der Waals surface area contributed by atoms with Crippen molar-refractivity contribution in [2.45, 2.75) is 62.9 Å². The number of nitrogens with one attached hydrogen (secondary N) is 1. The Morgan fingerprint density at radius 1 is 0.886 bits per heavy atom. The SMILES string of the molecule is O=C(C[N+]12CCC(CC1)[C@@H](OC(=O)C1(c3ccccc3)CCCCCC1)C2)Nc1ccccc1.[Br-]. The quantitative estimate of drug-likeness (QED) is 0.346. The number of rotatable bonds is 6. The Hall–Kier alpha value is -2.18. The Morgan fingerprint density at radius 3 is 2.11 bits per heavy atom. The van der Waals surface area contributed by atoms with Gasteiger partial charge in [-0.1, -0.05) is 74.2 Å². The second kappa shape index (κ2) is 11.3. The van der Waals surface area contributed by atoms with Gasteiger partial charge in [0, 0.05) is 24.4 Å². The molecule has 1 saturated carbocycles. The smallest absolute Gasteiger partial charge is 0.317 e. The number of ether oxygens (including phenoxy) is 1. The molecule has 4 fully saturated rings. The highest BCUT2D eigenvalue weighted by molar-refractivity contribution is 5.91. The first kappa shape index (κ1) is 25.9. The predicted molar refractivity (Wildman–Crippen MR) is 133 cm³/mol. The number of carbonyl (C=O) groups excluding carboxylic acids is 2. The Labute approximate surface area is 219 Å². The second-order valence-corrected chi connectivity index (χ2v) is 10.7. The highest BCUT2D eigenvalue weighted by Crippen LogP contribution is 2.42. The van der Waals surface area contributed by atoms with Crippen LogP contribution in [0, 0.1) is 5.92 Å². The number of piperidine rings is 3. The topological polar surface area (TPSA) is 55.4 Å². The van der Waals surface area contributed by atoms with Crippen molar-refractivity contribution in [1.82, 2.24) is 0 Å². The first-order valence-electron chi connectivity index (χ1n) is 13.1. The van der Waals surface area contributed by atoms with E-state index in [1.807, 2.05) is 48.5 Å². The molecule has 0 radical (unpaired) electrons.